The Morgan fingerprint density at radius 1 is 1.33 bits per heavy atom. The van der Waals surface area contributed by atoms with Crippen LogP contribution in [0.3, 0.4) is 0 Å². The van der Waals surface area contributed by atoms with Crippen LogP contribution in [0.1, 0.15) is 56.7 Å². The maximum atomic E-state index is 13.2. The third-order valence-corrected chi connectivity index (χ3v) is 5.72. The number of hydrogen-bond acceptors (Lipinski definition) is 2. The maximum Gasteiger partial charge on any atom is 0.123 e. The molecule has 0 saturated carbocycles. The Balaban J connectivity index is 2.10. The second-order valence-electron chi connectivity index (χ2n) is 7.77. The summed E-state index contributed by atoms with van der Waals surface area (Å²) in [6.07, 6.45) is 2.85. The average molecular weight is 383 g/mol. The molecular formula is C23H24ClFN2. The summed E-state index contributed by atoms with van der Waals surface area (Å²) in [6.45, 7) is 9.84. The number of benzene rings is 2. The summed E-state index contributed by atoms with van der Waals surface area (Å²) in [5.74, 6) is 0.0810. The van der Waals surface area contributed by atoms with Crippen LogP contribution < -0.4 is 4.90 Å². The van der Waals surface area contributed by atoms with Crippen molar-refractivity contribution in [3.05, 3.63) is 63.9 Å². The van der Waals surface area contributed by atoms with Crippen molar-refractivity contribution in [2.24, 2.45) is 0 Å². The summed E-state index contributed by atoms with van der Waals surface area (Å²) in [5, 5.41) is 10.2. The van der Waals surface area contributed by atoms with Crippen LogP contribution in [0, 0.1) is 17.1 Å². The molecule has 0 fully saturated rings. The Bertz CT molecular complexity index is 923. The lowest BCUT2D eigenvalue weighted by Crippen LogP contribution is -2.48. The summed E-state index contributed by atoms with van der Waals surface area (Å²) < 4.78 is 13.2. The van der Waals surface area contributed by atoms with E-state index in [1.54, 1.807) is 18.2 Å². The Hall–Kier alpha value is -2.31. The van der Waals surface area contributed by atoms with E-state index in [1.807, 2.05) is 6.07 Å². The molecule has 0 aliphatic carbocycles. The highest BCUT2D eigenvalue weighted by Crippen LogP contribution is 2.45. The second kappa shape index (κ2) is 7.37. The predicted octanol–water partition coefficient (Wildman–Crippen LogP) is 6.66. The number of fused-ring (bicyclic) bond motifs is 1. The van der Waals surface area contributed by atoms with Crippen molar-refractivity contribution in [3.8, 4) is 6.07 Å². The molecule has 2 aromatic carbocycles. The van der Waals surface area contributed by atoms with E-state index in [2.05, 4.69) is 44.7 Å². The zero-order valence-electron chi connectivity index (χ0n) is 16.2. The van der Waals surface area contributed by atoms with Crippen LogP contribution in [0.4, 0.5) is 10.1 Å². The van der Waals surface area contributed by atoms with Crippen LogP contribution >= 0.6 is 11.6 Å². The molecule has 2 nitrogen and oxygen atoms in total. The van der Waals surface area contributed by atoms with Gasteiger partial charge in [-0.05, 0) is 80.1 Å². The number of allylic oxidation sites excluding steroid dienone is 1. The molecule has 0 bridgehead atoms. The normalized spacial score (nSPS) is 18.8. The van der Waals surface area contributed by atoms with Crippen molar-refractivity contribution in [1.29, 1.82) is 5.26 Å². The highest BCUT2D eigenvalue weighted by Gasteiger charge is 2.35. The highest BCUT2D eigenvalue weighted by molar-refractivity contribution is 6.32. The lowest BCUT2D eigenvalue weighted by molar-refractivity contribution is 0.381. The fraction of sp³-hybridized carbons (Fsp3) is 0.348. The van der Waals surface area contributed by atoms with E-state index >= 15 is 0 Å². The Kier molecular flexibility index (Phi) is 5.31. The minimum Gasteiger partial charge on any atom is -0.366 e. The van der Waals surface area contributed by atoms with Crippen LogP contribution in [-0.2, 0) is 0 Å². The standard InChI is InChI=1S/C23H24ClFN2/c1-5-27-22-12-21(24)17(11-20(22)15(2)13-23(27,3)4)10-18(14-26)16-6-8-19(25)9-7-16/h6-12,15H,5,13H2,1-4H3/b18-10+. The minimum atomic E-state index is -0.320. The van der Waals surface area contributed by atoms with Crippen molar-refractivity contribution < 1.29 is 4.39 Å². The topological polar surface area (TPSA) is 27.0 Å². The molecule has 0 radical (unpaired) electrons. The van der Waals surface area contributed by atoms with E-state index in [9.17, 15) is 9.65 Å². The molecule has 1 unspecified atom stereocenters. The first-order valence-corrected chi connectivity index (χ1v) is 9.63. The number of anilines is 1. The molecule has 1 atom stereocenters. The van der Waals surface area contributed by atoms with Gasteiger partial charge in [-0.25, -0.2) is 4.39 Å². The van der Waals surface area contributed by atoms with E-state index in [-0.39, 0.29) is 11.4 Å². The van der Waals surface area contributed by atoms with Gasteiger partial charge in [0, 0.05) is 22.8 Å². The Morgan fingerprint density at radius 2 is 2.00 bits per heavy atom. The van der Waals surface area contributed by atoms with Crippen molar-refractivity contribution in [3.63, 3.8) is 0 Å². The smallest absolute Gasteiger partial charge is 0.123 e. The van der Waals surface area contributed by atoms with Crippen LogP contribution in [0.25, 0.3) is 11.6 Å². The molecular weight excluding hydrogens is 359 g/mol. The van der Waals surface area contributed by atoms with Crippen LogP contribution in [0.2, 0.25) is 5.02 Å². The molecule has 27 heavy (non-hydrogen) atoms. The summed E-state index contributed by atoms with van der Waals surface area (Å²) in [7, 11) is 0. The Morgan fingerprint density at radius 3 is 2.59 bits per heavy atom. The van der Waals surface area contributed by atoms with E-state index in [0.29, 0.717) is 22.1 Å². The van der Waals surface area contributed by atoms with Gasteiger partial charge in [0.2, 0.25) is 0 Å². The average Bonchev–Trinajstić information content (AvgIpc) is 2.61. The lowest BCUT2D eigenvalue weighted by Gasteiger charge is -2.47. The molecule has 1 aliphatic heterocycles. The Labute approximate surface area is 165 Å². The molecule has 0 spiro atoms. The molecule has 3 rings (SSSR count). The molecule has 1 heterocycles. The quantitative estimate of drug-likeness (QED) is 0.438. The van der Waals surface area contributed by atoms with Gasteiger partial charge in [-0.3, -0.25) is 0 Å². The predicted molar refractivity (Wildman–Crippen MR) is 111 cm³/mol. The van der Waals surface area contributed by atoms with E-state index in [4.69, 9.17) is 11.6 Å². The molecule has 2 aromatic rings. The van der Waals surface area contributed by atoms with Gasteiger partial charge in [0.1, 0.15) is 5.82 Å². The number of nitrogens with zero attached hydrogens (tertiary/aromatic N) is 2. The van der Waals surface area contributed by atoms with E-state index < -0.39 is 0 Å². The number of rotatable bonds is 3. The van der Waals surface area contributed by atoms with Crippen molar-refractivity contribution in [2.45, 2.75) is 45.6 Å². The molecule has 0 N–H and O–H groups in total. The summed E-state index contributed by atoms with van der Waals surface area (Å²) >= 11 is 6.60. The molecule has 0 amide bonds. The fourth-order valence-corrected chi connectivity index (χ4v) is 4.41. The van der Waals surface area contributed by atoms with Crippen molar-refractivity contribution >= 4 is 28.9 Å². The fourth-order valence-electron chi connectivity index (χ4n) is 4.20. The van der Waals surface area contributed by atoms with Crippen LogP contribution in [0.5, 0.6) is 0 Å². The number of nitriles is 1. The number of hydrogen-bond donors (Lipinski definition) is 0. The lowest BCUT2D eigenvalue weighted by atomic mass is 9.79. The van der Waals surface area contributed by atoms with Gasteiger partial charge in [0.25, 0.3) is 0 Å². The zero-order chi connectivity index (χ0) is 19.8. The van der Waals surface area contributed by atoms with Gasteiger partial charge in [0.05, 0.1) is 11.6 Å². The monoisotopic (exact) mass is 382 g/mol. The highest BCUT2D eigenvalue weighted by atomic mass is 35.5. The SMILES string of the molecule is CCN1c2cc(Cl)c(/C=C(\C#N)c3ccc(F)cc3)cc2C(C)CC1(C)C. The van der Waals surface area contributed by atoms with Crippen LogP contribution in [-0.4, -0.2) is 12.1 Å². The summed E-state index contributed by atoms with van der Waals surface area (Å²) in [6, 6.07) is 12.3. The first-order chi connectivity index (χ1) is 12.8. The van der Waals surface area contributed by atoms with Crippen LogP contribution in [0.15, 0.2) is 36.4 Å². The van der Waals surface area contributed by atoms with Crippen molar-refractivity contribution in [1.82, 2.24) is 0 Å². The van der Waals surface area contributed by atoms with Gasteiger partial charge in [-0.15, -0.1) is 0 Å². The van der Waals surface area contributed by atoms with Gasteiger partial charge in [-0.2, -0.15) is 5.26 Å². The van der Waals surface area contributed by atoms with E-state index in [0.717, 1.165) is 18.5 Å². The maximum absolute atomic E-state index is 13.2. The third kappa shape index (κ3) is 3.73. The summed E-state index contributed by atoms with van der Waals surface area (Å²) in [5.41, 5.74) is 4.46. The van der Waals surface area contributed by atoms with E-state index in [1.165, 1.54) is 23.4 Å². The van der Waals surface area contributed by atoms with Gasteiger partial charge in [-0.1, -0.05) is 30.7 Å². The first kappa shape index (κ1) is 19.5. The van der Waals surface area contributed by atoms with Gasteiger partial charge in [0.15, 0.2) is 0 Å². The molecule has 0 aromatic heterocycles. The molecule has 140 valence electrons. The van der Waals surface area contributed by atoms with Gasteiger partial charge >= 0.3 is 0 Å². The van der Waals surface area contributed by atoms with Crippen molar-refractivity contribution in [2.75, 3.05) is 11.4 Å². The minimum absolute atomic E-state index is 0.0772. The zero-order valence-corrected chi connectivity index (χ0v) is 16.9. The summed E-state index contributed by atoms with van der Waals surface area (Å²) in [4.78, 5) is 2.40. The largest absolute Gasteiger partial charge is 0.366 e. The second-order valence-corrected chi connectivity index (χ2v) is 8.18. The third-order valence-electron chi connectivity index (χ3n) is 5.40. The molecule has 1 aliphatic rings. The molecule has 4 heteroatoms. The van der Waals surface area contributed by atoms with Gasteiger partial charge < -0.3 is 4.90 Å². The molecule has 0 saturated heterocycles. The first-order valence-electron chi connectivity index (χ1n) is 9.25. The number of halogens is 2.